The minimum absolute atomic E-state index is 0.906. The maximum Gasteiger partial charge on any atom is 0.149 e. The molecule has 0 spiro atoms. The van der Waals surface area contributed by atoms with Crippen LogP contribution in [0.2, 0.25) is 0 Å². The Morgan fingerprint density at radius 3 is 3.07 bits per heavy atom. The molecule has 0 saturated carbocycles. The van der Waals surface area contributed by atoms with E-state index in [0.29, 0.717) is 0 Å². The molecule has 4 nitrogen and oxygen atoms in total. The number of aromatic nitrogens is 2. The van der Waals surface area contributed by atoms with Crippen molar-refractivity contribution in [3.63, 3.8) is 0 Å². The molecule has 3 heterocycles. The smallest absolute Gasteiger partial charge is 0.149 e. The van der Waals surface area contributed by atoms with Crippen LogP contribution in [0.1, 0.15) is 0 Å². The zero-order chi connectivity index (χ0) is 9.83. The van der Waals surface area contributed by atoms with Gasteiger partial charge in [-0.3, -0.25) is 4.40 Å². The Labute approximate surface area is 84.6 Å². The largest absolute Gasteiger partial charge is 0.297 e. The van der Waals surface area contributed by atoms with Crippen LogP contribution in [0.15, 0.2) is 40.7 Å². The van der Waals surface area contributed by atoms with E-state index >= 15 is 0 Å². The first-order valence-corrected chi connectivity index (χ1v) is 4.74. The van der Waals surface area contributed by atoms with E-state index in [-0.39, 0.29) is 0 Å². The van der Waals surface area contributed by atoms with Crippen LogP contribution in [0.25, 0.3) is 22.9 Å². The highest BCUT2D eigenvalue weighted by Gasteiger charge is 2.12. The zero-order valence-corrected chi connectivity index (χ0v) is 7.75. The third-order valence-electron chi connectivity index (χ3n) is 2.72. The van der Waals surface area contributed by atoms with Crippen LogP contribution >= 0.6 is 0 Å². The van der Waals surface area contributed by atoms with Gasteiger partial charge in [-0.15, -0.1) is 5.11 Å². The summed E-state index contributed by atoms with van der Waals surface area (Å²) in [6, 6.07) is 8.08. The second kappa shape index (κ2) is 2.23. The van der Waals surface area contributed by atoms with Crippen molar-refractivity contribution in [2.45, 2.75) is 0 Å². The molecule has 0 bridgehead atoms. The Bertz CT molecular complexity index is 767. The fourth-order valence-electron chi connectivity index (χ4n) is 2.02. The van der Waals surface area contributed by atoms with Crippen molar-refractivity contribution in [2.24, 2.45) is 10.2 Å². The summed E-state index contributed by atoms with van der Waals surface area (Å²) in [7, 11) is 0. The van der Waals surface area contributed by atoms with Crippen molar-refractivity contribution in [1.82, 2.24) is 9.38 Å². The van der Waals surface area contributed by atoms with Crippen molar-refractivity contribution in [1.29, 1.82) is 0 Å². The molecule has 0 amide bonds. The number of rotatable bonds is 0. The van der Waals surface area contributed by atoms with Gasteiger partial charge in [-0.25, -0.2) is 4.98 Å². The highest BCUT2D eigenvalue weighted by molar-refractivity contribution is 5.82. The summed E-state index contributed by atoms with van der Waals surface area (Å²) in [6.07, 6.45) is 3.74. The minimum Gasteiger partial charge on any atom is -0.297 e. The average molecular weight is 194 g/mol. The maximum absolute atomic E-state index is 4.56. The monoisotopic (exact) mass is 194 g/mol. The van der Waals surface area contributed by atoms with Crippen molar-refractivity contribution < 1.29 is 0 Å². The van der Waals surface area contributed by atoms with Crippen molar-refractivity contribution in [3.05, 3.63) is 35.7 Å². The lowest BCUT2D eigenvalue weighted by Crippen LogP contribution is -1.94. The number of imidazole rings is 1. The van der Waals surface area contributed by atoms with Crippen LogP contribution in [0.3, 0.4) is 0 Å². The normalized spacial score (nSPS) is 13.6. The first kappa shape index (κ1) is 7.11. The van der Waals surface area contributed by atoms with Gasteiger partial charge in [-0.1, -0.05) is 12.1 Å². The molecule has 0 unspecified atom stereocenters. The van der Waals surface area contributed by atoms with Crippen LogP contribution < -0.4 is 5.22 Å². The number of fused-ring (bicyclic) bond motifs is 5. The summed E-state index contributed by atoms with van der Waals surface area (Å²) < 4.78 is 2.06. The molecule has 0 N–H and O–H groups in total. The molecular formula is C11H6N4. The van der Waals surface area contributed by atoms with Crippen LogP contribution in [0, 0.1) is 0 Å². The van der Waals surface area contributed by atoms with Gasteiger partial charge in [0.15, 0.2) is 0 Å². The van der Waals surface area contributed by atoms with Gasteiger partial charge in [0.2, 0.25) is 0 Å². The maximum atomic E-state index is 4.56. The van der Waals surface area contributed by atoms with Crippen LogP contribution in [0.4, 0.5) is 5.69 Å². The van der Waals surface area contributed by atoms with Gasteiger partial charge in [-0.05, 0) is 12.1 Å². The molecule has 0 radical (unpaired) electrons. The van der Waals surface area contributed by atoms with Gasteiger partial charge in [-0.2, -0.15) is 5.11 Å². The SMILES string of the molecule is C1=c2c(cn3c2nc2ccccc23)N=N1. The van der Waals surface area contributed by atoms with Crippen molar-refractivity contribution >= 4 is 28.6 Å². The Kier molecular flexibility index (Phi) is 1.06. The number of hydrogen-bond donors (Lipinski definition) is 0. The molecule has 15 heavy (non-hydrogen) atoms. The lowest BCUT2D eigenvalue weighted by molar-refractivity contribution is 1.24. The molecule has 0 fully saturated rings. The fraction of sp³-hybridized carbons (Fsp3) is 0. The minimum atomic E-state index is 0.906. The van der Waals surface area contributed by atoms with Gasteiger partial charge in [0, 0.05) is 6.20 Å². The molecule has 1 aromatic carbocycles. The number of azo groups is 1. The molecule has 0 saturated heterocycles. The van der Waals surface area contributed by atoms with E-state index in [1.807, 2.05) is 24.4 Å². The van der Waals surface area contributed by atoms with E-state index in [4.69, 9.17) is 0 Å². The predicted octanol–water partition coefficient (Wildman–Crippen LogP) is 2.04. The summed E-state index contributed by atoms with van der Waals surface area (Å²) >= 11 is 0. The molecule has 0 aliphatic carbocycles. The second-order valence-electron chi connectivity index (χ2n) is 3.57. The molecule has 4 heteroatoms. The number of benzene rings is 1. The van der Waals surface area contributed by atoms with E-state index in [2.05, 4.69) is 25.7 Å². The Balaban J connectivity index is 2.35. The molecule has 1 aliphatic heterocycles. The highest BCUT2D eigenvalue weighted by atomic mass is 15.1. The Morgan fingerprint density at radius 2 is 2.07 bits per heavy atom. The molecule has 0 atom stereocenters. The molecule has 2 aromatic heterocycles. The first-order valence-electron chi connectivity index (χ1n) is 4.74. The summed E-state index contributed by atoms with van der Waals surface area (Å²) in [4.78, 5) is 4.56. The summed E-state index contributed by atoms with van der Waals surface area (Å²) in [5, 5.41) is 8.92. The van der Waals surface area contributed by atoms with Crippen molar-refractivity contribution in [2.75, 3.05) is 0 Å². The Morgan fingerprint density at radius 1 is 1.13 bits per heavy atom. The third-order valence-corrected chi connectivity index (χ3v) is 2.72. The summed E-state index contributed by atoms with van der Waals surface area (Å²) in [5.41, 5.74) is 3.97. The topological polar surface area (TPSA) is 42.0 Å². The molecule has 3 aromatic rings. The third kappa shape index (κ3) is 0.747. The van der Waals surface area contributed by atoms with Gasteiger partial charge in [0.25, 0.3) is 0 Å². The van der Waals surface area contributed by atoms with Gasteiger partial charge in [0.1, 0.15) is 11.3 Å². The highest BCUT2D eigenvalue weighted by Crippen LogP contribution is 2.21. The number of nitrogens with zero attached hydrogens (tertiary/aromatic N) is 4. The lowest BCUT2D eigenvalue weighted by atomic mass is 10.3. The van der Waals surface area contributed by atoms with Crippen LogP contribution in [-0.2, 0) is 0 Å². The molecule has 4 rings (SSSR count). The van der Waals surface area contributed by atoms with E-state index < -0.39 is 0 Å². The molecule has 1 aliphatic rings. The Hall–Kier alpha value is -2.23. The lowest BCUT2D eigenvalue weighted by Gasteiger charge is -1.87. The quantitative estimate of drug-likeness (QED) is 0.540. The number of hydrogen-bond acceptors (Lipinski definition) is 3. The summed E-state index contributed by atoms with van der Waals surface area (Å²) in [5.74, 6) is 0. The van der Waals surface area contributed by atoms with Gasteiger partial charge < -0.3 is 0 Å². The average Bonchev–Trinajstić information content (AvgIpc) is 2.87. The zero-order valence-electron chi connectivity index (χ0n) is 7.75. The molecular weight excluding hydrogens is 188 g/mol. The van der Waals surface area contributed by atoms with Crippen LogP contribution in [0.5, 0.6) is 0 Å². The second-order valence-corrected chi connectivity index (χ2v) is 3.57. The van der Waals surface area contributed by atoms with E-state index in [0.717, 1.165) is 27.6 Å². The van der Waals surface area contributed by atoms with E-state index in [1.165, 1.54) is 0 Å². The van der Waals surface area contributed by atoms with E-state index in [9.17, 15) is 0 Å². The van der Waals surface area contributed by atoms with Gasteiger partial charge in [0.05, 0.1) is 22.5 Å². The summed E-state index contributed by atoms with van der Waals surface area (Å²) in [6.45, 7) is 0. The van der Waals surface area contributed by atoms with Crippen molar-refractivity contribution in [3.8, 4) is 0 Å². The standard InChI is InChI=1S/C11H6N4/c1-2-4-10-8(3-1)13-11-7-5-12-14-9(7)6-15(10)11/h1-6H. The van der Waals surface area contributed by atoms with E-state index in [1.54, 1.807) is 6.20 Å². The molecule has 70 valence electrons. The first-order chi connectivity index (χ1) is 7.43. The van der Waals surface area contributed by atoms with Crippen LogP contribution in [-0.4, -0.2) is 9.38 Å². The number of para-hydroxylation sites is 2. The van der Waals surface area contributed by atoms with Gasteiger partial charge >= 0.3 is 0 Å². The fourth-order valence-corrected chi connectivity index (χ4v) is 2.02. The predicted molar refractivity (Wildman–Crippen MR) is 56.9 cm³/mol.